The van der Waals surface area contributed by atoms with Crippen LogP contribution < -0.4 is 10.0 Å². The van der Waals surface area contributed by atoms with E-state index in [1.165, 1.54) is 31.2 Å². The number of aliphatic hydroxyl groups excluding tert-OH is 1. The standard InChI is InChI=1S/C16H18N2O4S/c1-12(20)17-14-7-9-15(10-8-14)23(21,22)18-16(11-19)13-5-3-2-4-6-13/h2-10,16,18-19H,11H2,1H3,(H,17,20). The van der Waals surface area contributed by atoms with E-state index in [4.69, 9.17) is 0 Å². The van der Waals surface area contributed by atoms with Gasteiger partial charge in [0.1, 0.15) is 0 Å². The second kappa shape index (κ2) is 7.36. The largest absolute Gasteiger partial charge is 0.394 e. The molecular weight excluding hydrogens is 316 g/mol. The molecule has 0 bridgehead atoms. The molecule has 1 unspecified atom stereocenters. The zero-order valence-electron chi connectivity index (χ0n) is 12.6. The summed E-state index contributed by atoms with van der Waals surface area (Å²) in [6, 6.07) is 13.9. The highest BCUT2D eigenvalue weighted by molar-refractivity contribution is 7.89. The van der Waals surface area contributed by atoms with Gasteiger partial charge in [0.05, 0.1) is 17.5 Å². The van der Waals surface area contributed by atoms with Gasteiger partial charge in [-0.1, -0.05) is 30.3 Å². The second-order valence-electron chi connectivity index (χ2n) is 4.97. The van der Waals surface area contributed by atoms with Crippen molar-refractivity contribution in [3.63, 3.8) is 0 Å². The molecule has 1 amide bonds. The first-order chi connectivity index (χ1) is 10.9. The Balaban J connectivity index is 2.19. The molecule has 0 aromatic heterocycles. The highest BCUT2D eigenvalue weighted by Crippen LogP contribution is 2.18. The molecule has 0 saturated heterocycles. The molecule has 7 heteroatoms. The van der Waals surface area contributed by atoms with Crippen molar-refractivity contribution in [1.29, 1.82) is 0 Å². The van der Waals surface area contributed by atoms with E-state index in [-0.39, 0.29) is 17.4 Å². The summed E-state index contributed by atoms with van der Waals surface area (Å²) in [6.45, 7) is 1.02. The van der Waals surface area contributed by atoms with Gasteiger partial charge in [-0.3, -0.25) is 4.79 Å². The molecule has 0 spiro atoms. The molecule has 0 radical (unpaired) electrons. The molecule has 2 aromatic carbocycles. The highest BCUT2D eigenvalue weighted by atomic mass is 32.2. The number of amides is 1. The molecular formula is C16H18N2O4S. The van der Waals surface area contributed by atoms with Gasteiger partial charge in [0.25, 0.3) is 0 Å². The number of aliphatic hydroxyl groups is 1. The number of carbonyl (C=O) groups is 1. The van der Waals surface area contributed by atoms with Gasteiger partial charge in [-0.05, 0) is 29.8 Å². The third-order valence-electron chi connectivity index (χ3n) is 3.17. The summed E-state index contributed by atoms with van der Waals surface area (Å²) in [4.78, 5) is 11.0. The maximum Gasteiger partial charge on any atom is 0.241 e. The number of carbonyl (C=O) groups excluding carboxylic acids is 1. The molecule has 0 saturated carbocycles. The molecule has 1 atom stereocenters. The van der Waals surface area contributed by atoms with E-state index in [0.29, 0.717) is 11.3 Å². The predicted molar refractivity (Wildman–Crippen MR) is 87.3 cm³/mol. The predicted octanol–water partition coefficient (Wildman–Crippen LogP) is 1.66. The maximum absolute atomic E-state index is 12.4. The van der Waals surface area contributed by atoms with Gasteiger partial charge in [0.2, 0.25) is 15.9 Å². The van der Waals surface area contributed by atoms with Crippen LogP contribution in [0.4, 0.5) is 5.69 Å². The zero-order valence-corrected chi connectivity index (χ0v) is 13.4. The summed E-state index contributed by atoms with van der Waals surface area (Å²) in [6.07, 6.45) is 0. The Morgan fingerprint density at radius 3 is 2.22 bits per heavy atom. The van der Waals surface area contributed by atoms with Gasteiger partial charge < -0.3 is 10.4 Å². The van der Waals surface area contributed by atoms with Crippen LogP contribution in [0.25, 0.3) is 0 Å². The number of anilines is 1. The summed E-state index contributed by atoms with van der Waals surface area (Å²) in [7, 11) is -3.79. The molecule has 122 valence electrons. The van der Waals surface area contributed by atoms with Gasteiger partial charge in [-0.15, -0.1) is 0 Å². The molecule has 2 rings (SSSR count). The van der Waals surface area contributed by atoms with Gasteiger partial charge in [-0.2, -0.15) is 0 Å². The SMILES string of the molecule is CC(=O)Nc1ccc(S(=O)(=O)NC(CO)c2ccccc2)cc1. The highest BCUT2D eigenvalue weighted by Gasteiger charge is 2.20. The number of hydrogen-bond donors (Lipinski definition) is 3. The summed E-state index contributed by atoms with van der Waals surface area (Å²) < 4.78 is 27.3. The van der Waals surface area contributed by atoms with Crippen LogP contribution in [-0.2, 0) is 14.8 Å². The Bertz CT molecular complexity index is 758. The molecule has 0 aliphatic carbocycles. The summed E-state index contributed by atoms with van der Waals surface area (Å²) in [5.41, 5.74) is 1.19. The lowest BCUT2D eigenvalue weighted by atomic mass is 10.1. The average molecular weight is 334 g/mol. The molecule has 23 heavy (non-hydrogen) atoms. The lowest BCUT2D eigenvalue weighted by molar-refractivity contribution is -0.114. The van der Waals surface area contributed by atoms with Crippen LogP contribution in [0.15, 0.2) is 59.5 Å². The fraction of sp³-hybridized carbons (Fsp3) is 0.188. The van der Waals surface area contributed by atoms with E-state index in [9.17, 15) is 18.3 Å². The molecule has 0 fully saturated rings. The lowest BCUT2D eigenvalue weighted by Crippen LogP contribution is -2.30. The van der Waals surface area contributed by atoms with E-state index >= 15 is 0 Å². The molecule has 3 N–H and O–H groups in total. The Kier molecular flexibility index (Phi) is 5.49. The van der Waals surface area contributed by atoms with E-state index in [2.05, 4.69) is 10.0 Å². The van der Waals surface area contributed by atoms with Gasteiger partial charge in [-0.25, -0.2) is 13.1 Å². The minimum absolute atomic E-state index is 0.0565. The maximum atomic E-state index is 12.4. The number of hydrogen-bond acceptors (Lipinski definition) is 4. The van der Waals surface area contributed by atoms with E-state index < -0.39 is 16.1 Å². The monoisotopic (exact) mass is 334 g/mol. The number of sulfonamides is 1. The molecule has 0 aliphatic heterocycles. The minimum atomic E-state index is -3.79. The van der Waals surface area contributed by atoms with Crippen molar-refractivity contribution in [3.8, 4) is 0 Å². The minimum Gasteiger partial charge on any atom is -0.394 e. The molecule has 0 heterocycles. The Morgan fingerprint density at radius 2 is 1.70 bits per heavy atom. The first kappa shape index (κ1) is 17.1. The Hall–Kier alpha value is -2.22. The number of rotatable bonds is 6. The van der Waals surface area contributed by atoms with Crippen molar-refractivity contribution in [2.45, 2.75) is 17.9 Å². The van der Waals surface area contributed by atoms with Crippen LogP contribution in [0.3, 0.4) is 0 Å². The molecule has 0 aliphatic rings. The molecule has 6 nitrogen and oxygen atoms in total. The third-order valence-corrected chi connectivity index (χ3v) is 4.65. The van der Waals surface area contributed by atoms with E-state index in [0.717, 1.165) is 0 Å². The van der Waals surface area contributed by atoms with Crippen LogP contribution in [0.5, 0.6) is 0 Å². The number of nitrogens with one attached hydrogen (secondary N) is 2. The van der Waals surface area contributed by atoms with Crippen LogP contribution in [-0.4, -0.2) is 26.0 Å². The summed E-state index contributed by atoms with van der Waals surface area (Å²) in [5.74, 6) is -0.233. The third kappa shape index (κ3) is 4.62. The quantitative estimate of drug-likeness (QED) is 0.748. The zero-order chi connectivity index (χ0) is 16.9. The van der Waals surface area contributed by atoms with E-state index in [1.807, 2.05) is 6.07 Å². The van der Waals surface area contributed by atoms with Crippen molar-refractivity contribution >= 4 is 21.6 Å². The van der Waals surface area contributed by atoms with Gasteiger partial charge >= 0.3 is 0 Å². The lowest BCUT2D eigenvalue weighted by Gasteiger charge is -2.17. The van der Waals surface area contributed by atoms with Crippen molar-refractivity contribution < 1.29 is 18.3 Å². The fourth-order valence-corrected chi connectivity index (χ4v) is 3.29. The second-order valence-corrected chi connectivity index (χ2v) is 6.69. The van der Waals surface area contributed by atoms with Gasteiger partial charge in [0, 0.05) is 12.6 Å². The van der Waals surface area contributed by atoms with E-state index in [1.54, 1.807) is 24.3 Å². The Labute approximate surface area is 135 Å². The fourth-order valence-electron chi connectivity index (χ4n) is 2.07. The van der Waals surface area contributed by atoms with Crippen LogP contribution in [0, 0.1) is 0 Å². The first-order valence-corrected chi connectivity index (χ1v) is 8.46. The topological polar surface area (TPSA) is 95.5 Å². The van der Waals surface area contributed by atoms with Crippen molar-refractivity contribution in [3.05, 3.63) is 60.2 Å². The normalized spacial score (nSPS) is 12.6. The molecule has 2 aromatic rings. The number of benzene rings is 2. The smallest absolute Gasteiger partial charge is 0.241 e. The van der Waals surface area contributed by atoms with Crippen LogP contribution >= 0.6 is 0 Å². The summed E-state index contributed by atoms with van der Waals surface area (Å²) >= 11 is 0. The van der Waals surface area contributed by atoms with Gasteiger partial charge in [0.15, 0.2) is 0 Å². The van der Waals surface area contributed by atoms with Crippen molar-refractivity contribution in [1.82, 2.24) is 4.72 Å². The Morgan fingerprint density at radius 1 is 1.09 bits per heavy atom. The average Bonchev–Trinajstić information content (AvgIpc) is 2.53. The summed E-state index contributed by atoms with van der Waals surface area (Å²) in [5, 5.41) is 12.0. The van der Waals surface area contributed by atoms with Crippen molar-refractivity contribution in [2.75, 3.05) is 11.9 Å². The first-order valence-electron chi connectivity index (χ1n) is 6.98. The van der Waals surface area contributed by atoms with Crippen molar-refractivity contribution in [2.24, 2.45) is 0 Å². The van der Waals surface area contributed by atoms with Crippen LogP contribution in [0.1, 0.15) is 18.5 Å². The van der Waals surface area contributed by atoms with Crippen LogP contribution in [0.2, 0.25) is 0 Å².